The molecule has 0 spiro atoms. The van der Waals surface area contributed by atoms with E-state index in [2.05, 4.69) is 0 Å². The molecule has 0 aliphatic rings. The molecule has 8 heteroatoms. The fourth-order valence-corrected chi connectivity index (χ4v) is 3.11. The number of nitrogens with two attached hydrogens (primary N) is 2. The van der Waals surface area contributed by atoms with E-state index in [0.717, 1.165) is 12.1 Å². The summed E-state index contributed by atoms with van der Waals surface area (Å²) in [4.78, 5) is -0.671. The van der Waals surface area contributed by atoms with Crippen LogP contribution < -0.4 is 11.5 Å². The van der Waals surface area contributed by atoms with Crippen LogP contribution in [0.2, 0.25) is 0 Å². The van der Waals surface area contributed by atoms with Gasteiger partial charge in [-0.05, 0) is 36.4 Å². The van der Waals surface area contributed by atoms with Gasteiger partial charge < -0.3 is 11.5 Å². The smallest absolute Gasteiger partial charge is 0.399 e. The quantitative estimate of drug-likeness (QED) is 0.834. The Labute approximate surface area is 119 Å². The molecule has 0 atom stereocenters. The number of hydrogen-bond donors (Lipinski definition) is 2. The first-order chi connectivity index (χ1) is 9.62. The zero-order valence-electron chi connectivity index (χ0n) is 10.6. The van der Waals surface area contributed by atoms with E-state index < -0.39 is 32.2 Å². The van der Waals surface area contributed by atoms with Crippen molar-refractivity contribution in [3.05, 3.63) is 48.0 Å². The first kappa shape index (κ1) is 15.2. The van der Waals surface area contributed by atoms with Gasteiger partial charge in [-0.25, -0.2) is 8.42 Å². The van der Waals surface area contributed by atoms with Gasteiger partial charge in [0.1, 0.15) is 0 Å². The molecule has 0 unspecified atom stereocenters. The number of sulfone groups is 1. The van der Waals surface area contributed by atoms with E-state index in [4.69, 9.17) is 11.5 Å². The Morgan fingerprint density at radius 3 is 2.10 bits per heavy atom. The highest BCUT2D eigenvalue weighted by Crippen LogP contribution is 2.36. The molecule has 0 heterocycles. The summed E-state index contributed by atoms with van der Waals surface area (Å²) in [6, 6.07) is 7.79. The largest absolute Gasteiger partial charge is 0.418 e. The number of rotatable bonds is 2. The van der Waals surface area contributed by atoms with Gasteiger partial charge in [0, 0.05) is 11.4 Å². The second kappa shape index (κ2) is 4.96. The van der Waals surface area contributed by atoms with Gasteiger partial charge >= 0.3 is 6.18 Å². The first-order valence-corrected chi connectivity index (χ1v) is 7.18. The van der Waals surface area contributed by atoms with Crippen molar-refractivity contribution in [2.24, 2.45) is 0 Å². The summed E-state index contributed by atoms with van der Waals surface area (Å²) in [6.07, 6.45) is -4.73. The Balaban J connectivity index is 2.61. The summed E-state index contributed by atoms with van der Waals surface area (Å²) in [7, 11) is -4.10. The summed E-state index contributed by atoms with van der Waals surface area (Å²) in [5, 5.41) is 0. The Morgan fingerprint density at radius 1 is 0.905 bits per heavy atom. The summed E-state index contributed by atoms with van der Waals surface area (Å²) in [5.74, 6) is 0. The average Bonchev–Trinajstić information content (AvgIpc) is 2.37. The van der Waals surface area contributed by atoms with Crippen LogP contribution in [-0.4, -0.2) is 8.42 Å². The van der Waals surface area contributed by atoms with Crippen LogP contribution in [0.1, 0.15) is 5.56 Å². The third-order valence-electron chi connectivity index (χ3n) is 2.81. The highest BCUT2D eigenvalue weighted by atomic mass is 32.2. The number of hydrogen-bond acceptors (Lipinski definition) is 4. The first-order valence-electron chi connectivity index (χ1n) is 5.70. The SMILES string of the molecule is Nc1cccc(S(=O)(=O)c2ccc(N)c(C(F)(F)F)c2)c1. The van der Waals surface area contributed by atoms with E-state index in [-0.39, 0.29) is 10.6 Å². The van der Waals surface area contributed by atoms with E-state index in [9.17, 15) is 21.6 Å². The van der Waals surface area contributed by atoms with Crippen molar-refractivity contribution in [2.45, 2.75) is 16.0 Å². The lowest BCUT2D eigenvalue weighted by Gasteiger charge is -2.12. The molecule has 112 valence electrons. The minimum Gasteiger partial charge on any atom is -0.399 e. The lowest BCUT2D eigenvalue weighted by molar-refractivity contribution is -0.137. The minimum atomic E-state index is -4.73. The third kappa shape index (κ3) is 2.94. The van der Waals surface area contributed by atoms with Crippen molar-refractivity contribution in [2.75, 3.05) is 11.5 Å². The van der Waals surface area contributed by atoms with E-state index >= 15 is 0 Å². The molecule has 2 aromatic rings. The molecule has 2 rings (SSSR count). The average molecular weight is 316 g/mol. The molecule has 0 fully saturated rings. The Morgan fingerprint density at radius 2 is 1.52 bits per heavy atom. The maximum absolute atomic E-state index is 12.8. The summed E-state index contributed by atoms with van der Waals surface area (Å²) < 4.78 is 63.0. The molecule has 2 aromatic carbocycles. The van der Waals surface area contributed by atoms with Gasteiger partial charge in [0.15, 0.2) is 0 Å². The number of anilines is 2. The van der Waals surface area contributed by atoms with Gasteiger partial charge in [-0.2, -0.15) is 13.2 Å². The molecule has 0 saturated carbocycles. The maximum Gasteiger partial charge on any atom is 0.418 e. The Bertz CT molecular complexity index is 786. The third-order valence-corrected chi connectivity index (χ3v) is 4.56. The molecule has 21 heavy (non-hydrogen) atoms. The molecule has 0 saturated heterocycles. The van der Waals surface area contributed by atoms with E-state index in [1.165, 1.54) is 24.3 Å². The van der Waals surface area contributed by atoms with Crippen LogP contribution >= 0.6 is 0 Å². The molecule has 0 aliphatic carbocycles. The minimum absolute atomic E-state index is 0.180. The lowest BCUT2D eigenvalue weighted by atomic mass is 10.2. The van der Waals surface area contributed by atoms with Crippen molar-refractivity contribution in [1.82, 2.24) is 0 Å². The van der Waals surface area contributed by atoms with Crippen LogP contribution in [0.4, 0.5) is 24.5 Å². The van der Waals surface area contributed by atoms with E-state index in [1.807, 2.05) is 0 Å². The van der Waals surface area contributed by atoms with Crippen LogP contribution in [0.15, 0.2) is 52.3 Å². The number of nitrogen functional groups attached to an aromatic ring is 2. The fourth-order valence-electron chi connectivity index (χ4n) is 1.77. The van der Waals surface area contributed by atoms with Crippen molar-refractivity contribution in [1.29, 1.82) is 0 Å². The van der Waals surface area contributed by atoms with Gasteiger partial charge in [0.25, 0.3) is 0 Å². The zero-order valence-corrected chi connectivity index (χ0v) is 11.4. The Kier molecular flexibility index (Phi) is 3.58. The second-order valence-electron chi connectivity index (χ2n) is 4.32. The van der Waals surface area contributed by atoms with Gasteiger partial charge in [-0.1, -0.05) is 6.07 Å². The van der Waals surface area contributed by atoms with Crippen LogP contribution in [0.5, 0.6) is 0 Å². The van der Waals surface area contributed by atoms with Crippen molar-refractivity contribution >= 4 is 21.2 Å². The normalized spacial score (nSPS) is 12.3. The van der Waals surface area contributed by atoms with Crippen molar-refractivity contribution in [3.8, 4) is 0 Å². The van der Waals surface area contributed by atoms with Gasteiger partial charge in [0.2, 0.25) is 9.84 Å². The topological polar surface area (TPSA) is 86.2 Å². The number of alkyl halides is 3. The van der Waals surface area contributed by atoms with Crippen LogP contribution in [0.3, 0.4) is 0 Å². The maximum atomic E-state index is 12.8. The van der Waals surface area contributed by atoms with E-state index in [1.54, 1.807) is 0 Å². The van der Waals surface area contributed by atoms with Gasteiger partial charge in [0.05, 0.1) is 15.4 Å². The van der Waals surface area contributed by atoms with Crippen molar-refractivity contribution in [3.63, 3.8) is 0 Å². The predicted molar refractivity (Wildman–Crippen MR) is 72.2 cm³/mol. The number of halogens is 3. The van der Waals surface area contributed by atoms with E-state index in [0.29, 0.717) is 6.07 Å². The molecule has 4 nitrogen and oxygen atoms in total. The highest BCUT2D eigenvalue weighted by Gasteiger charge is 2.34. The summed E-state index contributed by atoms with van der Waals surface area (Å²) in [5.41, 5.74) is 9.22. The molecular formula is C13H11F3N2O2S. The summed E-state index contributed by atoms with van der Waals surface area (Å²) in [6.45, 7) is 0. The van der Waals surface area contributed by atoms with Gasteiger partial charge in [-0.15, -0.1) is 0 Å². The molecule has 4 N–H and O–H groups in total. The molecule has 0 amide bonds. The van der Waals surface area contributed by atoms with Crippen LogP contribution in [-0.2, 0) is 16.0 Å². The standard InChI is InChI=1S/C13H11F3N2O2S/c14-13(15,16)11-7-10(4-5-12(11)18)21(19,20)9-3-1-2-8(17)6-9/h1-7H,17-18H2. The molecule has 0 aliphatic heterocycles. The predicted octanol–water partition coefficient (Wildman–Crippen LogP) is 2.70. The molecule has 0 radical (unpaired) electrons. The molecule has 0 bridgehead atoms. The summed E-state index contributed by atoms with van der Waals surface area (Å²) >= 11 is 0. The Hall–Kier alpha value is -2.22. The van der Waals surface area contributed by atoms with Gasteiger partial charge in [-0.3, -0.25) is 0 Å². The lowest BCUT2D eigenvalue weighted by Crippen LogP contribution is -2.11. The molecule has 0 aromatic heterocycles. The zero-order chi connectivity index (χ0) is 15.8. The van der Waals surface area contributed by atoms with Crippen molar-refractivity contribution < 1.29 is 21.6 Å². The van der Waals surface area contributed by atoms with Crippen LogP contribution in [0, 0.1) is 0 Å². The van der Waals surface area contributed by atoms with Crippen LogP contribution in [0.25, 0.3) is 0 Å². The monoisotopic (exact) mass is 316 g/mol. The number of benzene rings is 2. The molecular weight excluding hydrogens is 305 g/mol. The fraction of sp³-hybridized carbons (Fsp3) is 0.0769. The highest BCUT2D eigenvalue weighted by molar-refractivity contribution is 7.91. The second-order valence-corrected chi connectivity index (χ2v) is 6.27.